The van der Waals surface area contributed by atoms with Crippen LogP contribution >= 0.6 is 0 Å². The maximum Gasteiger partial charge on any atom is 0.116 e. The third kappa shape index (κ3) is 39.5. The van der Waals surface area contributed by atoms with Gasteiger partial charge in [-0.3, -0.25) is 19.9 Å². The molecular weight excluding hydrogens is 1030 g/mol. The smallest absolute Gasteiger partial charge is 0.116 e. The highest BCUT2D eigenvalue weighted by Gasteiger charge is 2.08. The summed E-state index contributed by atoms with van der Waals surface area (Å²) in [5.74, 6) is 5.00. The third-order valence-corrected chi connectivity index (χ3v) is 9.21. The standard InChI is InChI=1S/2C9H7N.C8H6N2.C8H10N2.2C8H6N2.6C4H10/c2*1-2-6-9-8(4-1)5-3-7-10-9;1-3-7-8(9-5-1)4-2-6-10-7;3*1-2-4-8-7(3-1)5-9-6-10-8;6*1-4(2)3/h2*1-7H;1-6H;5-6H,1-4H2;2*1-6H;6*4H,1-3H3. The fourth-order valence-corrected chi connectivity index (χ4v) is 6.21. The van der Waals surface area contributed by atoms with E-state index in [1.807, 2.05) is 152 Å². The minimum atomic E-state index is 0.833. The highest BCUT2D eigenvalue weighted by molar-refractivity contribution is 5.79. The van der Waals surface area contributed by atoms with E-state index in [9.17, 15) is 0 Å². The number of benzene rings is 4. The first kappa shape index (κ1) is 74.0. The van der Waals surface area contributed by atoms with Gasteiger partial charge in [0.15, 0.2) is 0 Å². The summed E-state index contributed by atoms with van der Waals surface area (Å²) >= 11 is 0. The van der Waals surface area contributed by atoms with Crippen molar-refractivity contribution in [2.45, 2.75) is 150 Å². The van der Waals surface area contributed by atoms with Gasteiger partial charge in [-0.2, -0.15) is 0 Å². The minimum absolute atomic E-state index is 0.833. The molecule has 0 saturated heterocycles. The third-order valence-electron chi connectivity index (χ3n) is 9.21. The Balaban J connectivity index is 0.000000469. The Morgan fingerprint density at radius 1 is 0.250 bits per heavy atom. The predicted molar refractivity (Wildman–Crippen MR) is 364 cm³/mol. The van der Waals surface area contributed by atoms with Crippen molar-refractivity contribution < 1.29 is 0 Å². The molecule has 0 aliphatic heterocycles. The molecule has 448 valence electrons. The number of aryl methyl sites for hydroxylation is 2. The zero-order chi connectivity index (χ0) is 62.3. The largest absolute Gasteiger partial charge is 0.256 e. The molecule has 1 aliphatic rings. The lowest BCUT2D eigenvalue weighted by Crippen LogP contribution is -2.04. The van der Waals surface area contributed by atoms with Crippen molar-refractivity contribution >= 4 is 54.6 Å². The van der Waals surface area contributed by atoms with Crippen molar-refractivity contribution in [1.82, 2.24) is 49.8 Å². The molecule has 1 aliphatic carbocycles. The molecule has 0 fully saturated rings. The zero-order valence-corrected chi connectivity index (χ0v) is 54.4. The van der Waals surface area contributed by atoms with Crippen LogP contribution in [0.5, 0.6) is 0 Å². The number of hydrogen-bond donors (Lipinski definition) is 0. The Bertz CT molecular complexity index is 2490. The van der Waals surface area contributed by atoms with Crippen LogP contribution in [-0.2, 0) is 12.8 Å². The lowest BCUT2D eigenvalue weighted by atomic mass is 9.98. The van der Waals surface area contributed by atoms with Gasteiger partial charge in [0.1, 0.15) is 19.0 Å². The molecular formula is C74H102N10. The average molecular weight is 1130 g/mol. The Hall–Kier alpha value is -7.98. The molecule has 0 saturated carbocycles. The molecule has 0 unspecified atom stereocenters. The molecule has 11 aromatic rings. The zero-order valence-electron chi connectivity index (χ0n) is 54.4. The summed E-state index contributed by atoms with van der Waals surface area (Å²) < 4.78 is 0. The van der Waals surface area contributed by atoms with E-state index in [2.05, 4.69) is 199 Å². The maximum absolute atomic E-state index is 4.21. The van der Waals surface area contributed by atoms with Crippen molar-refractivity contribution in [2.24, 2.45) is 35.5 Å². The lowest BCUT2D eigenvalue weighted by molar-refractivity contribution is 0.662. The van der Waals surface area contributed by atoms with E-state index in [1.165, 1.54) is 41.3 Å². The van der Waals surface area contributed by atoms with Crippen LogP contribution in [0.2, 0.25) is 0 Å². The first-order valence-electron chi connectivity index (χ1n) is 30.0. The van der Waals surface area contributed by atoms with Crippen LogP contribution in [0.15, 0.2) is 208 Å². The molecule has 0 spiro atoms. The van der Waals surface area contributed by atoms with Gasteiger partial charge in [0.25, 0.3) is 0 Å². The number of para-hydroxylation sites is 4. The predicted octanol–water partition coefficient (Wildman–Crippen LogP) is 20.7. The molecule has 12 rings (SSSR count). The fraction of sp³-hybridized carbons (Fsp3) is 0.378. The summed E-state index contributed by atoms with van der Waals surface area (Å²) in [6.45, 7) is 39.0. The first-order chi connectivity index (χ1) is 40.2. The Labute approximate surface area is 507 Å². The SMILES string of the molecule is CC(C)C.CC(C)C.CC(C)C.CC(C)C.CC(C)C.CC(C)C.c1ccc2ncccc2c1.c1ccc2ncccc2c1.c1ccc2ncncc2c1.c1ccc2ncncc2c1.c1cnc2cccnc2c1.c1ncc2c(n1)CCCC2. The molecule has 0 atom stereocenters. The van der Waals surface area contributed by atoms with Gasteiger partial charge in [0.05, 0.1) is 33.1 Å². The highest BCUT2D eigenvalue weighted by Crippen LogP contribution is 2.17. The molecule has 0 amide bonds. The molecule has 0 bridgehead atoms. The molecule has 7 aromatic heterocycles. The summed E-state index contributed by atoms with van der Waals surface area (Å²) in [5, 5.41) is 4.57. The quantitative estimate of drug-likeness (QED) is 0.145. The summed E-state index contributed by atoms with van der Waals surface area (Å²) in [6.07, 6.45) is 22.4. The molecule has 7 heterocycles. The molecule has 0 N–H and O–H groups in total. The van der Waals surface area contributed by atoms with Gasteiger partial charge in [-0.05, 0) is 127 Å². The second-order valence-corrected chi connectivity index (χ2v) is 23.7. The fourth-order valence-electron chi connectivity index (χ4n) is 6.21. The number of rotatable bonds is 0. The van der Waals surface area contributed by atoms with E-state index in [0.717, 1.165) is 85.8 Å². The average Bonchev–Trinajstić information content (AvgIpc) is 3.49. The monoisotopic (exact) mass is 1130 g/mol. The Kier molecular flexibility index (Phi) is 41.0. The van der Waals surface area contributed by atoms with Crippen LogP contribution in [0.3, 0.4) is 0 Å². The van der Waals surface area contributed by atoms with E-state index in [4.69, 9.17) is 0 Å². The Morgan fingerprint density at radius 2 is 0.500 bits per heavy atom. The van der Waals surface area contributed by atoms with Crippen molar-refractivity contribution in [3.8, 4) is 0 Å². The highest BCUT2D eigenvalue weighted by atomic mass is 14.8. The summed E-state index contributed by atoms with van der Waals surface area (Å²) in [4.78, 5) is 40.7. The maximum atomic E-state index is 4.21. The molecule has 10 heteroatoms. The van der Waals surface area contributed by atoms with Gasteiger partial charge in [-0.15, -0.1) is 0 Å². The summed E-state index contributed by atoms with van der Waals surface area (Å²) in [5.41, 5.74) is 8.63. The minimum Gasteiger partial charge on any atom is -0.256 e. The summed E-state index contributed by atoms with van der Waals surface area (Å²) in [7, 11) is 0. The van der Waals surface area contributed by atoms with Gasteiger partial charge in [-0.1, -0.05) is 210 Å². The second kappa shape index (κ2) is 46.5. The summed E-state index contributed by atoms with van der Waals surface area (Å²) in [6, 6.07) is 47.7. The van der Waals surface area contributed by atoms with Gasteiger partial charge in [0.2, 0.25) is 0 Å². The van der Waals surface area contributed by atoms with Crippen LogP contribution in [0.1, 0.15) is 149 Å². The van der Waals surface area contributed by atoms with E-state index in [1.54, 1.807) is 31.4 Å². The number of pyridine rings is 4. The van der Waals surface area contributed by atoms with Crippen molar-refractivity contribution in [3.63, 3.8) is 0 Å². The lowest BCUT2D eigenvalue weighted by Gasteiger charge is -2.11. The number of hydrogen-bond acceptors (Lipinski definition) is 10. The topological polar surface area (TPSA) is 129 Å². The van der Waals surface area contributed by atoms with Gasteiger partial charge >= 0.3 is 0 Å². The molecule has 4 aromatic carbocycles. The van der Waals surface area contributed by atoms with Crippen molar-refractivity contribution in [3.05, 3.63) is 219 Å². The molecule has 10 nitrogen and oxygen atoms in total. The van der Waals surface area contributed by atoms with E-state index >= 15 is 0 Å². The van der Waals surface area contributed by atoms with Crippen molar-refractivity contribution in [2.75, 3.05) is 0 Å². The number of aromatic nitrogens is 10. The number of nitrogens with zero attached hydrogens (tertiary/aromatic N) is 10. The van der Waals surface area contributed by atoms with E-state index < -0.39 is 0 Å². The Morgan fingerprint density at radius 3 is 0.833 bits per heavy atom. The van der Waals surface area contributed by atoms with Gasteiger partial charge < -0.3 is 0 Å². The van der Waals surface area contributed by atoms with Gasteiger partial charge in [0, 0.05) is 70.6 Å². The molecule has 84 heavy (non-hydrogen) atoms. The van der Waals surface area contributed by atoms with Gasteiger partial charge in [-0.25, -0.2) is 29.9 Å². The van der Waals surface area contributed by atoms with Crippen molar-refractivity contribution in [1.29, 1.82) is 0 Å². The normalized spacial score (nSPS) is 10.5. The van der Waals surface area contributed by atoms with Crippen LogP contribution in [0, 0.1) is 35.5 Å². The number of fused-ring (bicyclic) bond motifs is 6. The second-order valence-electron chi connectivity index (χ2n) is 23.7. The van der Waals surface area contributed by atoms with Crippen LogP contribution in [0.4, 0.5) is 0 Å². The van der Waals surface area contributed by atoms with E-state index in [0.29, 0.717) is 0 Å². The first-order valence-corrected chi connectivity index (χ1v) is 30.0. The van der Waals surface area contributed by atoms with Crippen LogP contribution in [0.25, 0.3) is 54.6 Å². The van der Waals surface area contributed by atoms with Crippen LogP contribution < -0.4 is 0 Å². The van der Waals surface area contributed by atoms with E-state index in [-0.39, 0.29) is 0 Å². The van der Waals surface area contributed by atoms with Crippen LogP contribution in [-0.4, -0.2) is 49.8 Å². The molecule has 0 radical (unpaired) electrons.